The number of amides is 3. The van der Waals surface area contributed by atoms with Gasteiger partial charge in [0.2, 0.25) is 5.91 Å². The molecule has 0 aromatic heterocycles. The second-order valence-corrected chi connectivity index (χ2v) is 10.9. The maximum Gasteiger partial charge on any atom is 0.408 e. The smallest absolute Gasteiger partial charge is 0.408 e. The number of ether oxygens (including phenoxy) is 2. The number of hydrogen-bond acceptors (Lipinski definition) is 5. The minimum Gasteiger partial charge on any atom is -0.444 e. The fourth-order valence-electron chi connectivity index (χ4n) is 3.59. The van der Waals surface area contributed by atoms with E-state index < -0.39 is 29.4 Å². The van der Waals surface area contributed by atoms with Crippen LogP contribution in [0.2, 0.25) is 0 Å². The molecular weight excluding hydrogens is 470 g/mol. The predicted octanol–water partition coefficient (Wildman–Crippen LogP) is 5.48. The molecule has 3 amide bonds. The van der Waals surface area contributed by atoms with Crippen LogP contribution in [0.3, 0.4) is 0 Å². The van der Waals surface area contributed by atoms with E-state index in [0.29, 0.717) is 25.8 Å². The molecule has 1 atom stereocenters. The highest BCUT2D eigenvalue weighted by molar-refractivity contribution is 5.86. The van der Waals surface area contributed by atoms with Gasteiger partial charge in [-0.2, -0.15) is 0 Å². The Morgan fingerprint density at radius 1 is 0.703 bits per heavy atom. The van der Waals surface area contributed by atoms with Crippen LogP contribution in [0.4, 0.5) is 9.59 Å². The quantitative estimate of drug-likeness (QED) is 0.366. The third kappa shape index (κ3) is 11.8. The molecule has 0 heterocycles. The van der Waals surface area contributed by atoms with Crippen molar-refractivity contribution in [1.29, 1.82) is 0 Å². The Balaban J connectivity index is 2.08. The van der Waals surface area contributed by atoms with Crippen LogP contribution in [0.1, 0.15) is 78.0 Å². The summed E-state index contributed by atoms with van der Waals surface area (Å²) in [5, 5.41) is 8.55. The minimum absolute atomic E-state index is 0.316. The number of unbranched alkanes of at least 4 members (excludes halogenated alkanes) is 1. The molecule has 8 nitrogen and oxygen atoms in total. The molecular formula is C29H41N3O5. The lowest BCUT2D eigenvalue weighted by atomic mass is 9.98. The highest BCUT2D eigenvalue weighted by Crippen LogP contribution is 2.22. The first kappa shape index (κ1) is 29.7. The molecule has 202 valence electrons. The lowest BCUT2D eigenvalue weighted by Gasteiger charge is -2.26. The van der Waals surface area contributed by atoms with E-state index >= 15 is 0 Å². The third-order valence-electron chi connectivity index (χ3n) is 5.15. The van der Waals surface area contributed by atoms with Crippen LogP contribution in [0.5, 0.6) is 0 Å². The van der Waals surface area contributed by atoms with Crippen LogP contribution in [-0.4, -0.2) is 41.9 Å². The van der Waals surface area contributed by atoms with E-state index in [-0.39, 0.29) is 11.9 Å². The van der Waals surface area contributed by atoms with Crippen LogP contribution in [-0.2, 0) is 14.3 Å². The lowest BCUT2D eigenvalue weighted by Crippen LogP contribution is -2.49. The van der Waals surface area contributed by atoms with Crippen molar-refractivity contribution < 1.29 is 23.9 Å². The summed E-state index contributed by atoms with van der Waals surface area (Å²) in [5.41, 5.74) is 0.594. The Kier molecular flexibility index (Phi) is 11.0. The van der Waals surface area contributed by atoms with Crippen molar-refractivity contribution in [2.45, 2.75) is 84.1 Å². The summed E-state index contributed by atoms with van der Waals surface area (Å²) in [6.07, 6.45) is 0.431. The predicted molar refractivity (Wildman–Crippen MR) is 144 cm³/mol. The monoisotopic (exact) mass is 511 g/mol. The van der Waals surface area contributed by atoms with E-state index in [9.17, 15) is 14.4 Å². The van der Waals surface area contributed by atoms with Gasteiger partial charge in [0.15, 0.2) is 0 Å². The average molecular weight is 512 g/mol. The normalized spacial score (nSPS) is 12.4. The summed E-state index contributed by atoms with van der Waals surface area (Å²) in [5.74, 6) is -0.316. The second-order valence-electron chi connectivity index (χ2n) is 10.9. The van der Waals surface area contributed by atoms with E-state index in [1.807, 2.05) is 60.7 Å². The maximum atomic E-state index is 13.5. The topological polar surface area (TPSA) is 106 Å². The summed E-state index contributed by atoms with van der Waals surface area (Å²) >= 11 is 0. The molecule has 2 aromatic rings. The number of alkyl carbamates (subject to hydrolysis) is 2. The summed E-state index contributed by atoms with van der Waals surface area (Å²) in [7, 11) is 0. The van der Waals surface area contributed by atoms with E-state index in [1.54, 1.807) is 41.5 Å². The van der Waals surface area contributed by atoms with Crippen molar-refractivity contribution in [3.05, 3.63) is 71.8 Å². The van der Waals surface area contributed by atoms with E-state index in [4.69, 9.17) is 9.47 Å². The third-order valence-corrected chi connectivity index (χ3v) is 5.15. The van der Waals surface area contributed by atoms with Gasteiger partial charge in [0, 0.05) is 6.54 Å². The molecule has 8 heteroatoms. The zero-order valence-electron chi connectivity index (χ0n) is 22.8. The van der Waals surface area contributed by atoms with Gasteiger partial charge in [0.05, 0.1) is 6.04 Å². The first-order valence-electron chi connectivity index (χ1n) is 12.7. The molecule has 0 bridgehead atoms. The van der Waals surface area contributed by atoms with Crippen LogP contribution >= 0.6 is 0 Å². The van der Waals surface area contributed by atoms with Gasteiger partial charge in [0.25, 0.3) is 0 Å². The van der Waals surface area contributed by atoms with Crippen molar-refractivity contribution in [1.82, 2.24) is 16.0 Å². The molecule has 0 fully saturated rings. The Morgan fingerprint density at radius 3 is 1.68 bits per heavy atom. The first-order valence-corrected chi connectivity index (χ1v) is 12.7. The molecule has 0 aliphatic carbocycles. The first-order chi connectivity index (χ1) is 17.3. The van der Waals surface area contributed by atoms with Crippen LogP contribution in [0.15, 0.2) is 60.7 Å². The zero-order valence-corrected chi connectivity index (χ0v) is 22.8. The van der Waals surface area contributed by atoms with Gasteiger partial charge in [-0.25, -0.2) is 9.59 Å². The standard InChI is InChI=1S/C29H41N3O5/c1-28(2,3)36-26(34)30-20-14-13-19-23(31-27(35)37-29(4,5)6)25(33)32-24(21-15-9-7-10-16-21)22-17-11-8-12-18-22/h7-12,15-18,23-24H,13-14,19-20H2,1-6H3,(H,30,34)(H,31,35)(H,32,33)/t23-/m0/s1. The Bertz CT molecular complexity index is 958. The van der Waals surface area contributed by atoms with Gasteiger partial charge in [-0.3, -0.25) is 4.79 Å². The van der Waals surface area contributed by atoms with Crippen molar-refractivity contribution >= 4 is 18.1 Å². The molecule has 0 spiro atoms. The molecule has 2 rings (SSSR count). The van der Waals surface area contributed by atoms with Gasteiger partial charge in [-0.15, -0.1) is 0 Å². The molecule has 0 saturated carbocycles. The SMILES string of the molecule is CC(C)(C)OC(=O)NCCCC[C@H](NC(=O)OC(C)(C)C)C(=O)NC(c1ccccc1)c1ccccc1. The van der Waals surface area contributed by atoms with E-state index in [2.05, 4.69) is 16.0 Å². The molecule has 0 aliphatic rings. The molecule has 3 N–H and O–H groups in total. The van der Waals surface area contributed by atoms with E-state index in [0.717, 1.165) is 11.1 Å². The van der Waals surface area contributed by atoms with Crippen molar-refractivity contribution in [3.8, 4) is 0 Å². The number of nitrogens with one attached hydrogen (secondary N) is 3. The van der Waals surface area contributed by atoms with Gasteiger partial charge < -0.3 is 25.4 Å². The van der Waals surface area contributed by atoms with Gasteiger partial charge in [-0.1, -0.05) is 60.7 Å². The molecule has 0 unspecified atom stereocenters. The van der Waals surface area contributed by atoms with Gasteiger partial charge in [0.1, 0.15) is 17.2 Å². The number of rotatable bonds is 10. The fraction of sp³-hybridized carbons (Fsp3) is 0.483. The molecule has 0 saturated heterocycles. The average Bonchev–Trinajstić information content (AvgIpc) is 2.80. The molecule has 0 aliphatic heterocycles. The van der Waals surface area contributed by atoms with E-state index in [1.165, 1.54) is 0 Å². The Labute approximate surface area is 220 Å². The minimum atomic E-state index is -0.814. The number of carbonyl (C=O) groups is 3. The summed E-state index contributed by atoms with van der Waals surface area (Å²) in [4.78, 5) is 37.8. The Morgan fingerprint density at radius 2 is 1.19 bits per heavy atom. The number of benzene rings is 2. The van der Waals surface area contributed by atoms with Gasteiger partial charge >= 0.3 is 12.2 Å². The zero-order chi connectivity index (χ0) is 27.5. The number of carbonyl (C=O) groups excluding carboxylic acids is 3. The van der Waals surface area contributed by atoms with Crippen LogP contribution < -0.4 is 16.0 Å². The Hall–Kier alpha value is -3.55. The highest BCUT2D eigenvalue weighted by atomic mass is 16.6. The summed E-state index contributed by atoms with van der Waals surface area (Å²) in [6.45, 7) is 11.1. The van der Waals surface area contributed by atoms with Gasteiger partial charge in [-0.05, 0) is 71.9 Å². The second kappa shape index (κ2) is 13.7. The van der Waals surface area contributed by atoms with Crippen LogP contribution in [0, 0.1) is 0 Å². The maximum absolute atomic E-state index is 13.5. The fourth-order valence-corrected chi connectivity index (χ4v) is 3.59. The van der Waals surface area contributed by atoms with Crippen molar-refractivity contribution in [2.24, 2.45) is 0 Å². The van der Waals surface area contributed by atoms with Crippen molar-refractivity contribution in [3.63, 3.8) is 0 Å². The number of hydrogen-bond donors (Lipinski definition) is 3. The lowest BCUT2D eigenvalue weighted by molar-refractivity contribution is -0.123. The molecule has 37 heavy (non-hydrogen) atoms. The summed E-state index contributed by atoms with van der Waals surface area (Å²) in [6, 6.07) is 18.2. The molecule has 0 radical (unpaired) electrons. The molecule has 2 aromatic carbocycles. The largest absolute Gasteiger partial charge is 0.444 e. The van der Waals surface area contributed by atoms with Crippen LogP contribution in [0.25, 0.3) is 0 Å². The highest BCUT2D eigenvalue weighted by Gasteiger charge is 2.27. The summed E-state index contributed by atoms with van der Waals surface area (Å²) < 4.78 is 10.6. The van der Waals surface area contributed by atoms with Crippen molar-refractivity contribution in [2.75, 3.05) is 6.54 Å².